The van der Waals surface area contributed by atoms with Crippen molar-refractivity contribution in [3.8, 4) is 5.75 Å². The van der Waals surface area contributed by atoms with Crippen molar-refractivity contribution in [3.63, 3.8) is 0 Å². The summed E-state index contributed by atoms with van der Waals surface area (Å²) in [5.74, 6) is -2.22. The van der Waals surface area contributed by atoms with Crippen LogP contribution in [0.4, 0.5) is 0 Å². The summed E-state index contributed by atoms with van der Waals surface area (Å²) in [7, 11) is 0. The Morgan fingerprint density at radius 2 is 2.12 bits per heavy atom. The van der Waals surface area contributed by atoms with E-state index in [0.29, 0.717) is 5.39 Å². The molecule has 2 N–H and O–H groups in total. The van der Waals surface area contributed by atoms with Gasteiger partial charge in [0.25, 0.3) is 0 Å². The van der Waals surface area contributed by atoms with Crippen molar-refractivity contribution in [1.29, 1.82) is 0 Å². The van der Waals surface area contributed by atoms with Crippen LogP contribution in [-0.4, -0.2) is 16.2 Å². The lowest BCUT2D eigenvalue weighted by Crippen LogP contribution is -2.06. The Labute approximate surface area is 97.2 Å². The number of carbonyl (C=O) groups is 1. The first-order valence-electron chi connectivity index (χ1n) is 6.29. The van der Waals surface area contributed by atoms with Crippen LogP contribution < -0.4 is 0 Å². The van der Waals surface area contributed by atoms with Gasteiger partial charge in [0.05, 0.1) is 10.0 Å². The molecule has 0 bridgehead atoms. The quantitative estimate of drug-likeness (QED) is 0.816. The smallest absolute Gasteiger partial charge is 0.310 e. The van der Waals surface area contributed by atoms with E-state index in [1.165, 1.54) is 25.1 Å². The zero-order chi connectivity index (χ0) is 14.3. The SMILES string of the molecule is [2H]c1c(C(C)C(=O)O)c([2H])c2ccc(O)cc2c1[2H]. The maximum Gasteiger partial charge on any atom is 0.310 e. The first-order valence-corrected chi connectivity index (χ1v) is 4.79. The third-order valence-corrected chi connectivity index (χ3v) is 2.41. The monoisotopic (exact) mass is 219 g/mol. The van der Waals surface area contributed by atoms with E-state index in [4.69, 9.17) is 9.22 Å². The molecule has 0 spiro atoms. The number of fused-ring (bicyclic) bond motifs is 1. The van der Waals surface area contributed by atoms with E-state index in [1.807, 2.05) is 0 Å². The van der Waals surface area contributed by atoms with Gasteiger partial charge in [-0.15, -0.1) is 0 Å². The molecule has 3 nitrogen and oxygen atoms in total. The number of hydrogen-bond donors (Lipinski definition) is 2. The molecule has 2 aromatic carbocycles. The largest absolute Gasteiger partial charge is 0.508 e. The number of carboxylic acid groups (broad SMARTS) is 1. The minimum absolute atomic E-state index is 0.0238. The Morgan fingerprint density at radius 3 is 2.81 bits per heavy atom. The van der Waals surface area contributed by atoms with Gasteiger partial charge in [-0.25, -0.2) is 0 Å². The van der Waals surface area contributed by atoms with Gasteiger partial charge >= 0.3 is 5.97 Å². The highest BCUT2D eigenvalue weighted by atomic mass is 16.4. The molecule has 0 heterocycles. The lowest BCUT2D eigenvalue weighted by Gasteiger charge is -2.08. The van der Waals surface area contributed by atoms with Crippen molar-refractivity contribution in [2.75, 3.05) is 0 Å². The van der Waals surface area contributed by atoms with Gasteiger partial charge < -0.3 is 10.2 Å². The first kappa shape index (κ1) is 7.28. The van der Waals surface area contributed by atoms with Gasteiger partial charge in [-0.05, 0) is 35.4 Å². The van der Waals surface area contributed by atoms with E-state index in [0.717, 1.165) is 0 Å². The molecule has 0 saturated heterocycles. The summed E-state index contributed by atoms with van der Waals surface area (Å²) in [6.45, 7) is 1.39. The molecular weight excluding hydrogens is 204 g/mol. The van der Waals surface area contributed by atoms with Crippen LogP contribution in [0.5, 0.6) is 5.75 Å². The number of benzene rings is 2. The first-order chi connectivity index (χ1) is 8.84. The van der Waals surface area contributed by atoms with E-state index in [1.54, 1.807) is 0 Å². The number of phenolic OH excluding ortho intramolecular Hbond substituents is 1. The Bertz CT molecular complexity index is 683. The molecule has 3 heteroatoms. The molecule has 2 aromatic rings. The summed E-state index contributed by atoms with van der Waals surface area (Å²) < 4.78 is 23.8. The normalized spacial score (nSPS) is 15.2. The van der Waals surface area contributed by atoms with E-state index < -0.39 is 11.9 Å². The van der Waals surface area contributed by atoms with Gasteiger partial charge in [-0.3, -0.25) is 4.79 Å². The number of hydrogen-bond acceptors (Lipinski definition) is 2. The molecule has 0 saturated carbocycles. The second kappa shape index (κ2) is 3.85. The van der Waals surface area contributed by atoms with Crippen molar-refractivity contribution in [1.82, 2.24) is 0 Å². The van der Waals surface area contributed by atoms with Crippen molar-refractivity contribution in [2.45, 2.75) is 12.8 Å². The van der Waals surface area contributed by atoms with Crippen LogP contribution in [0.1, 0.15) is 22.5 Å². The molecule has 2 rings (SSSR count). The number of rotatable bonds is 2. The molecule has 1 atom stereocenters. The number of aliphatic carboxylic acids is 1. The van der Waals surface area contributed by atoms with Crippen LogP contribution in [0.2, 0.25) is 0 Å². The Balaban J connectivity index is 2.88. The van der Waals surface area contributed by atoms with Crippen molar-refractivity contribution >= 4 is 16.7 Å². The molecule has 1 unspecified atom stereocenters. The lowest BCUT2D eigenvalue weighted by atomic mass is 9.98. The van der Waals surface area contributed by atoms with Gasteiger partial charge in [0.2, 0.25) is 0 Å². The Hall–Kier alpha value is -2.03. The van der Waals surface area contributed by atoms with Crippen LogP contribution >= 0.6 is 0 Å². The maximum atomic E-state index is 11.0. The van der Waals surface area contributed by atoms with Crippen LogP contribution in [0.15, 0.2) is 36.3 Å². The standard InChI is InChI=1S/C13H12O3/c1-8(13(15)16)9-2-3-11-7-12(14)5-4-10(11)6-9/h2-8,14H,1H3,(H,15,16)/i2D,3D,6D. The van der Waals surface area contributed by atoms with Gasteiger partial charge in [0, 0.05) is 0 Å². The molecular formula is C13H12O3. The second-order valence-electron chi connectivity index (χ2n) is 3.58. The van der Waals surface area contributed by atoms with Crippen LogP contribution in [0, 0.1) is 0 Å². The number of phenols is 1. The van der Waals surface area contributed by atoms with Crippen LogP contribution in [-0.2, 0) is 4.79 Å². The third-order valence-electron chi connectivity index (χ3n) is 2.41. The van der Waals surface area contributed by atoms with Gasteiger partial charge in [-0.1, -0.05) is 24.2 Å². The molecule has 0 radical (unpaired) electrons. The van der Waals surface area contributed by atoms with E-state index in [2.05, 4.69) is 0 Å². The highest BCUT2D eigenvalue weighted by Gasteiger charge is 2.13. The molecule has 0 aromatic heterocycles. The topological polar surface area (TPSA) is 57.5 Å². The predicted molar refractivity (Wildman–Crippen MR) is 61.7 cm³/mol. The van der Waals surface area contributed by atoms with Crippen molar-refractivity contribution in [3.05, 3.63) is 41.9 Å². The Morgan fingerprint density at radius 1 is 1.38 bits per heavy atom. The number of carboxylic acids is 1. The summed E-state index contributed by atoms with van der Waals surface area (Å²) >= 11 is 0. The molecule has 0 fully saturated rings. The zero-order valence-corrected chi connectivity index (χ0v) is 8.61. The summed E-state index contributed by atoms with van der Waals surface area (Å²) in [4.78, 5) is 11.0. The fourth-order valence-electron chi connectivity index (χ4n) is 1.40. The minimum Gasteiger partial charge on any atom is -0.508 e. The van der Waals surface area contributed by atoms with E-state index in [9.17, 15) is 9.90 Å². The third kappa shape index (κ3) is 1.84. The Kier molecular flexibility index (Phi) is 1.75. The summed E-state index contributed by atoms with van der Waals surface area (Å²) in [6.07, 6.45) is 0. The zero-order valence-electron chi connectivity index (χ0n) is 11.6. The minimum atomic E-state index is -1.14. The molecule has 0 aliphatic heterocycles. The highest BCUT2D eigenvalue weighted by Crippen LogP contribution is 2.24. The maximum absolute atomic E-state index is 11.0. The number of aromatic hydroxyl groups is 1. The van der Waals surface area contributed by atoms with Gasteiger partial charge in [0.1, 0.15) is 5.75 Å². The average Bonchev–Trinajstić information content (AvgIpc) is 2.35. The average molecular weight is 219 g/mol. The fraction of sp³-hybridized carbons (Fsp3) is 0.154. The van der Waals surface area contributed by atoms with Crippen LogP contribution in [0.25, 0.3) is 10.8 Å². The second-order valence-corrected chi connectivity index (χ2v) is 3.58. The lowest BCUT2D eigenvalue weighted by molar-refractivity contribution is -0.138. The van der Waals surface area contributed by atoms with E-state index in [-0.39, 0.29) is 34.8 Å². The van der Waals surface area contributed by atoms with Crippen LogP contribution in [0.3, 0.4) is 0 Å². The fourth-order valence-corrected chi connectivity index (χ4v) is 1.40. The van der Waals surface area contributed by atoms with Crippen molar-refractivity contribution < 1.29 is 19.1 Å². The van der Waals surface area contributed by atoms with Crippen molar-refractivity contribution in [2.24, 2.45) is 0 Å². The molecule has 0 aliphatic rings. The highest BCUT2D eigenvalue weighted by molar-refractivity contribution is 5.86. The molecule has 82 valence electrons. The predicted octanol–water partition coefficient (Wildman–Crippen LogP) is 2.73. The molecule has 0 aliphatic carbocycles. The summed E-state index contributed by atoms with van der Waals surface area (Å²) in [6, 6.07) is 3.61. The molecule has 16 heavy (non-hydrogen) atoms. The van der Waals surface area contributed by atoms with Gasteiger partial charge in [-0.2, -0.15) is 0 Å². The van der Waals surface area contributed by atoms with Gasteiger partial charge in [0.15, 0.2) is 0 Å². The summed E-state index contributed by atoms with van der Waals surface area (Å²) in [5.41, 5.74) is 0.0238. The van der Waals surface area contributed by atoms with E-state index >= 15 is 0 Å². The summed E-state index contributed by atoms with van der Waals surface area (Å²) in [5, 5.41) is 19.1. The molecule has 0 amide bonds.